The molecule has 0 aliphatic carbocycles. The molecule has 0 unspecified atom stereocenters. The van der Waals surface area contributed by atoms with Crippen LogP contribution >= 0.6 is 0 Å². The number of nitrogens with one attached hydrogen (secondary N) is 1. The van der Waals surface area contributed by atoms with Gasteiger partial charge in [0.25, 0.3) is 5.91 Å². The van der Waals surface area contributed by atoms with Crippen LogP contribution in [0.25, 0.3) is 0 Å². The summed E-state index contributed by atoms with van der Waals surface area (Å²) in [6.45, 7) is 4.84. The number of halogens is 1. The van der Waals surface area contributed by atoms with Crippen LogP contribution in [0.15, 0.2) is 54.7 Å². The SMILES string of the molecule is Cc1cc(Nc2ncccc2C)cc([C@H]2CN(C(=O)COc3ccccc3F)CCO2)n1. The summed E-state index contributed by atoms with van der Waals surface area (Å²) in [4.78, 5) is 23.3. The fraction of sp³-hybridized carbons (Fsp3) is 0.292. The number of morpholine rings is 1. The number of pyridine rings is 2. The van der Waals surface area contributed by atoms with Gasteiger partial charge in [-0.3, -0.25) is 9.78 Å². The standard InChI is InChI=1S/C24H25FN4O3/c1-16-6-5-9-26-24(16)28-18-12-17(2)27-20(13-18)22-14-29(10-11-31-22)23(30)15-32-21-8-4-3-7-19(21)25/h3-9,12-13,22H,10-11,14-15H2,1-2H3,(H,26,27,28)/t22-/m1/s1. The molecule has 0 radical (unpaired) electrons. The van der Waals surface area contributed by atoms with E-state index in [4.69, 9.17) is 9.47 Å². The van der Waals surface area contributed by atoms with Crippen LogP contribution < -0.4 is 10.1 Å². The number of benzene rings is 1. The van der Waals surface area contributed by atoms with Crippen LogP contribution in [-0.2, 0) is 9.53 Å². The second-order valence-electron chi connectivity index (χ2n) is 7.63. The van der Waals surface area contributed by atoms with Crippen LogP contribution in [-0.4, -0.2) is 47.1 Å². The monoisotopic (exact) mass is 436 g/mol. The van der Waals surface area contributed by atoms with E-state index in [1.807, 2.05) is 38.1 Å². The summed E-state index contributed by atoms with van der Waals surface area (Å²) in [5.41, 5.74) is 3.44. The largest absolute Gasteiger partial charge is 0.481 e. The number of aromatic nitrogens is 2. The smallest absolute Gasteiger partial charge is 0.260 e. The number of nitrogens with zero attached hydrogens (tertiary/aromatic N) is 3. The van der Waals surface area contributed by atoms with Crippen molar-refractivity contribution in [1.82, 2.24) is 14.9 Å². The maximum absolute atomic E-state index is 13.7. The highest BCUT2D eigenvalue weighted by Gasteiger charge is 2.27. The van der Waals surface area contributed by atoms with Crippen molar-refractivity contribution < 1.29 is 18.7 Å². The van der Waals surface area contributed by atoms with E-state index in [1.54, 1.807) is 23.2 Å². The summed E-state index contributed by atoms with van der Waals surface area (Å²) < 4.78 is 25.0. The zero-order valence-corrected chi connectivity index (χ0v) is 18.0. The molecular weight excluding hydrogens is 411 g/mol. The molecule has 1 amide bonds. The molecule has 1 aliphatic rings. The van der Waals surface area contributed by atoms with Crippen molar-refractivity contribution in [1.29, 1.82) is 0 Å². The highest BCUT2D eigenvalue weighted by molar-refractivity contribution is 5.78. The molecule has 1 saturated heterocycles. The Morgan fingerprint density at radius 2 is 2.09 bits per heavy atom. The lowest BCUT2D eigenvalue weighted by molar-refractivity contribution is -0.141. The van der Waals surface area contributed by atoms with Crippen molar-refractivity contribution in [2.24, 2.45) is 0 Å². The van der Waals surface area contributed by atoms with E-state index in [0.29, 0.717) is 19.7 Å². The quantitative estimate of drug-likeness (QED) is 0.631. The van der Waals surface area contributed by atoms with Gasteiger partial charge in [-0.2, -0.15) is 0 Å². The second kappa shape index (κ2) is 9.74. The number of amides is 1. The molecule has 1 N–H and O–H groups in total. The van der Waals surface area contributed by atoms with E-state index in [1.165, 1.54) is 12.1 Å². The molecule has 1 fully saturated rings. The average molecular weight is 436 g/mol. The Hall–Kier alpha value is -3.52. The van der Waals surface area contributed by atoms with E-state index in [2.05, 4.69) is 15.3 Å². The van der Waals surface area contributed by atoms with E-state index in [0.717, 1.165) is 28.5 Å². The van der Waals surface area contributed by atoms with Crippen LogP contribution in [0.5, 0.6) is 5.75 Å². The number of para-hydroxylation sites is 1. The first kappa shape index (κ1) is 21.7. The van der Waals surface area contributed by atoms with Gasteiger partial charge in [0.05, 0.1) is 18.8 Å². The zero-order chi connectivity index (χ0) is 22.5. The molecule has 32 heavy (non-hydrogen) atoms. The van der Waals surface area contributed by atoms with Crippen molar-refractivity contribution in [3.8, 4) is 5.75 Å². The molecule has 0 bridgehead atoms. The van der Waals surface area contributed by atoms with Crippen LogP contribution in [0, 0.1) is 19.7 Å². The first-order chi connectivity index (χ1) is 15.5. The molecule has 1 atom stereocenters. The van der Waals surface area contributed by atoms with Gasteiger partial charge in [0.1, 0.15) is 11.9 Å². The molecule has 3 heterocycles. The Balaban J connectivity index is 1.43. The fourth-order valence-corrected chi connectivity index (χ4v) is 3.53. The number of carbonyl (C=O) groups excluding carboxylic acids is 1. The van der Waals surface area contributed by atoms with E-state index in [-0.39, 0.29) is 24.4 Å². The third-order valence-corrected chi connectivity index (χ3v) is 5.18. The Labute approximate surface area is 186 Å². The summed E-state index contributed by atoms with van der Waals surface area (Å²) >= 11 is 0. The van der Waals surface area contributed by atoms with E-state index >= 15 is 0 Å². The first-order valence-electron chi connectivity index (χ1n) is 10.4. The summed E-state index contributed by atoms with van der Waals surface area (Å²) in [5.74, 6) is 0.117. The van der Waals surface area contributed by atoms with Crippen LogP contribution in [0.1, 0.15) is 23.1 Å². The topological polar surface area (TPSA) is 76.6 Å². The molecule has 2 aromatic heterocycles. The lowest BCUT2D eigenvalue weighted by Crippen LogP contribution is -2.44. The van der Waals surface area contributed by atoms with Crippen molar-refractivity contribution in [3.05, 3.63) is 77.5 Å². The molecule has 0 saturated carbocycles. The second-order valence-corrected chi connectivity index (χ2v) is 7.63. The normalized spacial score (nSPS) is 16.0. The number of ether oxygens (including phenoxy) is 2. The minimum Gasteiger partial charge on any atom is -0.481 e. The van der Waals surface area contributed by atoms with Crippen molar-refractivity contribution >= 4 is 17.4 Å². The zero-order valence-electron chi connectivity index (χ0n) is 18.0. The van der Waals surface area contributed by atoms with Gasteiger partial charge >= 0.3 is 0 Å². The predicted molar refractivity (Wildman–Crippen MR) is 118 cm³/mol. The maximum Gasteiger partial charge on any atom is 0.260 e. The summed E-state index contributed by atoms with van der Waals surface area (Å²) in [5, 5.41) is 3.33. The number of rotatable bonds is 6. The molecule has 3 aromatic rings. The van der Waals surface area contributed by atoms with Gasteiger partial charge in [-0.25, -0.2) is 9.37 Å². The molecule has 0 spiro atoms. The number of aryl methyl sites for hydroxylation is 2. The van der Waals surface area contributed by atoms with Gasteiger partial charge in [-0.05, 0) is 49.7 Å². The Bertz CT molecular complexity index is 1110. The highest BCUT2D eigenvalue weighted by atomic mass is 19.1. The molecule has 1 aliphatic heterocycles. The van der Waals surface area contributed by atoms with Crippen molar-refractivity contribution in [2.45, 2.75) is 20.0 Å². The summed E-state index contributed by atoms with van der Waals surface area (Å²) in [7, 11) is 0. The Morgan fingerprint density at radius 1 is 1.25 bits per heavy atom. The molecule has 1 aromatic carbocycles. The lowest BCUT2D eigenvalue weighted by atomic mass is 10.1. The fourth-order valence-electron chi connectivity index (χ4n) is 3.53. The minimum absolute atomic E-state index is 0.0616. The molecule has 4 rings (SSSR count). The molecular formula is C24H25FN4O3. The number of anilines is 2. The predicted octanol–water partition coefficient (Wildman–Crippen LogP) is 3.96. The van der Waals surface area contributed by atoms with E-state index < -0.39 is 5.82 Å². The molecule has 7 nitrogen and oxygen atoms in total. The molecule has 166 valence electrons. The highest BCUT2D eigenvalue weighted by Crippen LogP contribution is 2.26. The Morgan fingerprint density at radius 3 is 2.91 bits per heavy atom. The van der Waals surface area contributed by atoms with Gasteiger partial charge in [0.2, 0.25) is 0 Å². The molecule has 8 heteroatoms. The summed E-state index contributed by atoms with van der Waals surface area (Å²) in [6.07, 6.45) is 1.37. The first-order valence-corrected chi connectivity index (χ1v) is 10.4. The summed E-state index contributed by atoms with van der Waals surface area (Å²) in [6, 6.07) is 13.8. The van der Waals surface area contributed by atoms with Gasteiger partial charge in [-0.1, -0.05) is 18.2 Å². The minimum atomic E-state index is -0.493. The van der Waals surface area contributed by atoms with Gasteiger partial charge in [0.15, 0.2) is 18.2 Å². The lowest BCUT2D eigenvalue weighted by Gasteiger charge is -2.33. The van der Waals surface area contributed by atoms with E-state index in [9.17, 15) is 9.18 Å². The average Bonchev–Trinajstić information content (AvgIpc) is 2.79. The van der Waals surface area contributed by atoms with Gasteiger partial charge < -0.3 is 19.7 Å². The van der Waals surface area contributed by atoms with Crippen LogP contribution in [0.2, 0.25) is 0 Å². The van der Waals surface area contributed by atoms with Gasteiger partial charge in [-0.15, -0.1) is 0 Å². The van der Waals surface area contributed by atoms with Crippen molar-refractivity contribution in [3.63, 3.8) is 0 Å². The van der Waals surface area contributed by atoms with Crippen LogP contribution in [0.4, 0.5) is 15.9 Å². The van der Waals surface area contributed by atoms with Crippen LogP contribution in [0.3, 0.4) is 0 Å². The third kappa shape index (κ3) is 5.20. The number of carbonyl (C=O) groups is 1. The van der Waals surface area contributed by atoms with Crippen molar-refractivity contribution in [2.75, 3.05) is 31.6 Å². The maximum atomic E-state index is 13.7. The number of hydrogen-bond acceptors (Lipinski definition) is 6. The number of hydrogen-bond donors (Lipinski definition) is 1. The third-order valence-electron chi connectivity index (χ3n) is 5.18. The van der Waals surface area contributed by atoms with Gasteiger partial charge in [0, 0.05) is 24.1 Å². The Kier molecular flexibility index (Phi) is 6.61.